The minimum absolute atomic E-state index is 0.181. The number of thioether (sulfide) groups is 1. The van der Waals surface area contributed by atoms with Crippen LogP contribution < -0.4 is 10.1 Å². The number of halogens is 2. The first-order valence-electron chi connectivity index (χ1n) is 6.34. The maximum absolute atomic E-state index is 12.1. The highest BCUT2D eigenvalue weighted by Gasteiger charge is 2.07. The Hall–Kier alpha value is -1.60. The van der Waals surface area contributed by atoms with Crippen LogP contribution in [0.2, 0.25) is 0 Å². The normalized spacial score (nSPS) is 11.0. The second-order valence-electron chi connectivity index (χ2n) is 4.25. The molecule has 0 aliphatic carbocycles. The largest absolute Gasteiger partial charge is 0.481 e. The van der Waals surface area contributed by atoms with Crippen molar-refractivity contribution in [2.24, 2.45) is 0 Å². The number of hydrogen-bond acceptors (Lipinski definition) is 5. The Balaban J connectivity index is 1.75. The van der Waals surface area contributed by atoms with Crippen molar-refractivity contribution in [1.29, 1.82) is 0 Å². The Labute approximate surface area is 125 Å². The fourth-order valence-electron chi connectivity index (χ4n) is 1.71. The minimum atomic E-state index is -2.38. The Morgan fingerprint density at radius 2 is 2.05 bits per heavy atom. The lowest BCUT2D eigenvalue weighted by Crippen LogP contribution is -2.12. The van der Waals surface area contributed by atoms with Crippen molar-refractivity contribution in [1.82, 2.24) is 10.3 Å². The number of aromatic nitrogens is 1. The van der Waals surface area contributed by atoms with Gasteiger partial charge in [-0.15, -0.1) is 0 Å². The molecule has 1 N–H and O–H groups in total. The van der Waals surface area contributed by atoms with Crippen LogP contribution >= 0.6 is 11.8 Å². The number of hydrogen-bond donors (Lipinski definition) is 1. The van der Waals surface area contributed by atoms with Crippen molar-refractivity contribution in [2.45, 2.75) is 24.6 Å². The number of methoxy groups -OCH3 is 1. The van der Waals surface area contributed by atoms with Gasteiger partial charge >= 0.3 is 0 Å². The molecule has 2 aromatic heterocycles. The molecule has 0 aliphatic rings. The number of nitrogens with one attached hydrogen (secondary N) is 1. The van der Waals surface area contributed by atoms with E-state index in [9.17, 15) is 8.78 Å². The molecular formula is C14H16F2N2O2S. The second-order valence-corrected chi connectivity index (χ2v) is 5.23. The Morgan fingerprint density at radius 3 is 2.71 bits per heavy atom. The van der Waals surface area contributed by atoms with Crippen LogP contribution in [0.5, 0.6) is 5.88 Å². The summed E-state index contributed by atoms with van der Waals surface area (Å²) in [4.78, 5) is 4.11. The maximum atomic E-state index is 12.1. The third-order valence-corrected chi connectivity index (χ3v) is 3.41. The fraction of sp³-hybridized carbons (Fsp3) is 0.357. The predicted molar refractivity (Wildman–Crippen MR) is 77.3 cm³/mol. The van der Waals surface area contributed by atoms with Crippen LogP contribution in [0.4, 0.5) is 8.78 Å². The molecule has 0 fully saturated rings. The summed E-state index contributed by atoms with van der Waals surface area (Å²) in [5, 5.41) is 3.20. The van der Waals surface area contributed by atoms with Gasteiger partial charge in [-0.1, -0.05) is 17.8 Å². The topological polar surface area (TPSA) is 47.3 Å². The van der Waals surface area contributed by atoms with E-state index in [1.54, 1.807) is 31.5 Å². The predicted octanol–water partition coefficient (Wildman–Crippen LogP) is 3.43. The smallest absolute Gasteiger partial charge is 0.284 e. The summed E-state index contributed by atoms with van der Waals surface area (Å²) in [7, 11) is 1.57. The summed E-state index contributed by atoms with van der Waals surface area (Å²) in [6.07, 6.45) is 1.73. The zero-order chi connectivity index (χ0) is 15.1. The average molecular weight is 314 g/mol. The minimum Gasteiger partial charge on any atom is -0.481 e. The third-order valence-electron chi connectivity index (χ3n) is 2.70. The Kier molecular flexibility index (Phi) is 6.01. The van der Waals surface area contributed by atoms with Crippen molar-refractivity contribution >= 4 is 11.8 Å². The lowest BCUT2D eigenvalue weighted by atomic mass is 10.3. The van der Waals surface area contributed by atoms with E-state index in [0.717, 1.165) is 11.3 Å². The van der Waals surface area contributed by atoms with Crippen LogP contribution in [0.3, 0.4) is 0 Å². The van der Waals surface area contributed by atoms with Gasteiger partial charge < -0.3 is 14.5 Å². The molecule has 0 bridgehead atoms. The fourth-order valence-corrected chi connectivity index (χ4v) is 2.15. The zero-order valence-electron chi connectivity index (χ0n) is 11.5. The van der Waals surface area contributed by atoms with Gasteiger partial charge in [0.05, 0.1) is 19.4 Å². The van der Waals surface area contributed by atoms with E-state index in [1.807, 2.05) is 6.07 Å². The lowest BCUT2D eigenvalue weighted by molar-refractivity contribution is 0.251. The third kappa shape index (κ3) is 5.35. The van der Waals surface area contributed by atoms with Crippen molar-refractivity contribution in [3.05, 3.63) is 47.5 Å². The highest BCUT2D eigenvalue weighted by atomic mass is 32.2. The molecule has 0 amide bonds. The molecule has 2 heterocycles. The first-order chi connectivity index (χ1) is 10.2. The molecule has 0 unspecified atom stereocenters. The molecule has 0 saturated heterocycles. The van der Waals surface area contributed by atoms with Crippen LogP contribution in [-0.2, 0) is 18.8 Å². The highest BCUT2D eigenvalue weighted by Crippen LogP contribution is 2.21. The Morgan fingerprint density at radius 1 is 1.24 bits per heavy atom. The van der Waals surface area contributed by atoms with Crippen molar-refractivity contribution in [3.8, 4) is 5.88 Å². The summed E-state index contributed by atoms with van der Waals surface area (Å²) in [5.74, 6) is -0.338. The molecule has 2 aromatic rings. The van der Waals surface area contributed by atoms with Crippen LogP contribution in [-0.4, -0.2) is 17.9 Å². The van der Waals surface area contributed by atoms with Gasteiger partial charge in [0.25, 0.3) is 5.76 Å². The summed E-state index contributed by atoms with van der Waals surface area (Å²) < 4.78 is 34.6. The van der Waals surface area contributed by atoms with E-state index in [-0.39, 0.29) is 5.75 Å². The summed E-state index contributed by atoms with van der Waals surface area (Å²) in [5.41, 5.74) is 1.02. The van der Waals surface area contributed by atoms with Crippen LogP contribution in [0.1, 0.15) is 17.1 Å². The van der Waals surface area contributed by atoms with E-state index in [2.05, 4.69) is 10.3 Å². The van der Waals surface area contributed by atoms with Crippen LogP contribution in [0, 0.1) is 0 Å². The standard InChI is InChI=1S/C14H16F2N2O2S/c1-19-13-5-2-10(7-18-13)6-17-8-11-3-4-12(20-11)9-21-14(15)16/h2-5,7,14,17H,6,8-9H2,1H3. The SMILES string of the molecule is COc1ccc(CNCc2ccc(CSC(F)F)o2)cn1. The Bertz CT molecular complexity index is 546. The van der Waals surface area contributed by atoms with E-state index in [4.69, 9.17) is 9.15 Å². The van der Waals surface area contributed by atoms with Gasteiger partial charge in [-0.3, -0.25) is 0 Å². The number of alkyl halides is 2. The maximum Gasteiger partial charge on any atom is 0.284 e. The number of ether oxygens (including phenoxy) is 1. The van der Waals surface area contributed by atoms with E-state index in [0.29, 0.717) is 36.5 Å². The molecule has 0 aromatic carbocycles. The van der Waals surface area contributed by atoms with Gasteiger partial charge in [-0.05, 0) is 17.7 Å². The molecule has 2 rings (SSSR count). The lowest BCUT2D eigenvalue weighted by Gasteiger charge is -2.04. The average Bonchev–Trinajstić information content (AvgIpc) is 2.94. The monoisotopic (exact) mass is 314 g/mol. The van der Waals surface area contributed by atoms with Gasteiger partial charge in [0.2, 0.25) is 5.88 Å². The van der Waals surface area contributed by atoms with E-state index >= 15 is 0 Å². The molecule has 0 spiro atoms. The van der Waals surface area contributed by atoms with E-state index in [1.165, 1.54) is 0 Å². The van der Waals surface area contributed by atoms with Gasteiger partial charge in [-0.2, -0.15) is 8.78 Å². The molecule has 4 nitrogen and oxygen atoms in total. The zero-order valence-corrected chi connectivity index (χ0v) is 12.3. The van der Waals surface area contributed by atoms with Gasteiger partial charge in [0.15, 0.2) is 0 Å². The first kappa shape index (κ1) is 15.8. The molecule has 114 valence electrons. The number of furan rings is 1. The number of rotatable bonds is 8. The summed E-state index contributed by atoms with van der Waals surface area (Å²) in [6.45, 7) is 1.17. The first-order valence-corrected chi connectivity index (χ1v) is 7.39. The van der Waals surface area contributed by atoms with Gasteiger partial charge in [-0.25, -0.2) is 4.98 Å². The molecular weight excluding hydrogens is 298 g/mol. The molecule has 0 saturated carbocycles. The van der Waals surface area contributed by atoms with Crippen LogP contribution in [0.15, 0.2) is 34.9 Å². The van der Waals surface area contributed by atoms with Gasteiger partial charge in [0, 0.05) is 18.8 Å². The van der Waals surface area contributed by atoms with Crippen molar-refractivity contribution < 1.29 is 17.9 Å². The van der Waals surface area contributed by atoms with Gasteiger partial charge in [0.1, 0.15) is 11.5 Å². The van der Waals surface area contributed by atoms with Crippen molar-refractivity contribution in [2.75, 3.05) is 7.11 Å². The number of nitrogens with zero attached hydrogens (tertiary/aromatic N) is 1. The molecule has 7 heteroatoms. The van der Waals surface area contributed by atoms with E-state index < -0.39 is 5.76 Å². The molecule has 0 atom stereocenters. The second kappa shape index (κ2) is 7.99. The summed E-state index contributed by atoms with van der Waals surface area (Å²) in [6, 6.07) is 7.23. The molecule has 0 aliphatic heterocycles. The molecule has 0 radical (unpaired) electrons. The molecule has 21 heavy (non-hydrogen) atoms. The highest BCUT2D eigenvalue weighted by molar-refractivity contribution is 7.98. The quantitative estimate of drug-likeness (QED) is 0.809. The summed E-state index contributed by atoms with van der Waals surface area (Å²) >= 11 is 0.554. The van der Waals surface area contributed by atoms with Crippen LogP contribution in [0.25, 0.3) is 0 Å². The number of pyridine rings is 1. The van der Waals surface area contributed by atoms with Crippen molar-refractivity contribution in [3.63, 3.8) is 0 Å².